The highest BCUT2D eigenvalue weighted by molar-refractivity contribution is 5.96. The molecule has 1 atom stereocenters. The van der Waals surface area contributed by atoms with Crippen molar-refractivity contribution in [3.63, 3.8) is 0 Å². The fraction of sp³-hybridized carbons (Fsp3) is 0.444. The fourth-order valence-electron chi connectivity index (χ4n) is 2.11. The van der Waals surface area contributed by atoms with Crippen molar-refractivity contribution < 1.29 is 18.7 Å². The molecule has 134 valence electrons. The number of nitrogens with zero attached hydrogens (tertiary/aromatic N) is 2. The molecule has 0 bridgehead atoms. The zero-order valence-corrected chi connectivity index (χ0v) is 15.1. The van der Waals surface area contributed by atoms with Crippen molar-refractivity contribution >= 4 is 11.9 Å². The predicted octanol–water partition coefficient (Wildman–Crippen LogP) is 2.54. The highest BCUT2D eigenvalue weighted by atomic mass is 16.5. The number of rotatable bonds is 5. The van der Waals surface area contributed by atoms with Gasteiger partial charge in [0.2, 0.25) is 5.89 Å². The maximum absolute atomic E-state index is 12.2. The first-order valence-corrected chi connectivity index (χ1v) is 8.04. The molecule has 1 amide bonds. The largest absolute Gasteiger partial charge is 0.454 e. The number of carbonyl (C=O) groups is 2. The molecule has 1 aromatic heterocycles. The van der Waals surface area contributed by atoms with Crippen molar-refractivity contribution in [2.75, 3.05) is 0 Å². The maximum Gasteiger partial charge on any atom is 0.328 e. The monoisotopic (exact) mass is 345 g/mol. The molecule has 25 heavy (non-hydrogen) atoms. The quantitative estimate of drug-likeness (QED) is 0.837. The topological polar surface area (TPSA) is 94.3 Å². The molecule has 7 nitrogen and oxygen atoms in total. The summed E-state index contributed by atoms with van der Waals surface area (Å²) in [7, 11) is 0. The first-order valence-electron chi connectivity index (χ1n) is 8.04. The Bertz CT molecular complexity index is 744. The molecule has 0 radical (unpaired) electrons. The van der Waals surface area contributed by atoms with Gasteiger partial charge in [-0.15, -0.1) is 10.2 Å². The predicted molar refractivity (Wildman–Crippen MR) is 90.9 cm³/mol. The number of esters is 1. The number of hydrogen-bond acceptors (Lipinski definition) is 6. The molecule has 0 aliphatic carbocycles. The molecule has 0 saturated carbocycles. The van der Waals surface area contributed by atoms with E-state index in [9.17, 15) is 9.59 Å². The minimum absolute atomic E-state index is 0.0131. The lowest BCUT2D eigenvalue weighted by atomic mass is 9.86. The lowest BCUT2D eigenvalue weighted by molar-refractivity contribution is -0.147. The number of nitrogens with one attached hydrogen (secondary N) is 1. The minimum atomic E-state index is -0.793. The number of aromatic nitrogens is 2. The average Bonchev–Trinajstić information content (AvgIpc) is 2.97. The van der Waals surface area contributed by atoms with Crippen molar-refractivity contribution in [1.29, 1.82) is 0 Å². The van der Waals surface area contributed by atoms with Gasteiger partial charge in [0.15, 0.2) is 6.61 Å². The lowest BCUT2D eigenvalue weighted by Gasteiger charge is -2.19. The van der Waals surface area contributed by atoms with Crippen LogP contribution in [-0.2, 0) is 21.6 Å². The van der Waals surface area contributed by atoms with Crippen LogP contribution in [0.15, 0.2) is 28.7 Å². The molecule has 0 saturated heterocycles. The van der Waals surface area contributed by atoms with E-state index in [0.717, 1.165) is 5.56 Å². The van der Waals surface area contributed by atoms with Crippen LogP contribution in [0.4, 0.5) is 0 Å². The molecular formula is C18H23N3O4. The van der Waals surface area contributed by atoms with E-state index in [1.807, 2.05) is 12.1 Å². The molecule has 7 heteroatoms. The van der Waals surface area contributed by atoms with Gasteiger partial charge in [-0.2, -0.15) is 0 Å². The summed E-state index contributed by atoms with van der Waals surface area (Å²) >= 11 is 0. The summed E-state index contributed by atoms with van der Waals surface area (Å²) in [5, 5.41) is 9.99. The fourth-order valence-corrected chi connectivity index (χ4v) is 2.11. The molecule has 1 aromatic carbocycles. The van der Waals surface area contributed by atoms with Crippen LogP contribution >= 0.6 is 0 Å². The average molecular weight is 345 g/mol. The van der Waals surface area contributed by atoms with Gasteiger partial charge >= 0.3 is 5.97 Å². The second-order valence-corrected chi connectivity index (χ2v) is 6.85. The molecule has 0 unspecified atom stereocenters. The second-order valence-electron chi connectivity index (χ2n) is 6.85. The van der Waals surface area contributed by atoms with E-state index in [1.165, 1.54) is 0 Å². The van der Waals surface area contributed by atoms with Gasteiger partial charge in [0.25, 0.3) is 11.8 Å². The lowest BCUT2D eigenvalue weighted by Crippen LogP contribution is -2.39. The second kappa shape index (κ2) is 7.46. The summed E-state index contributed by atoms with van der Waals surface area (Å²) in [6.45, 7) is 9.39. The summed E-state index contributed by atoms with van der Waals surface area (Å²) < 4.78 is 10.2. The van der Waals surface area contributed by atoms with Gasteiger partial charge in [-0.25, -0.2) is 4.79 Å². The number of carbonyl (C=O) groups excluding carboxylic acids is 2. The van der Waals surface area contributed by atoms with E-state index in [1.54, 1.807) is 26.0 Å². The molecule has 0 spiro atoms. The summed E-state index contributed by atoms with van der Waals surface area (Å²) in [4.78, 5) is 24.2. The third kappa shape index (κ3) is 5.14. The third-order valence-corrected chi connectivity index (χ3v) is 3.62. The Hall–Kier alpha value is -2.70. The number of hydrogen-bond donors (Lipinski definition) is 1. The van der Waals surface area contributed by atoms with Gasteiger partial charge in [-0.1, -0.05) is 32.9 Å². The summed E-state index contributed by atoms with van der Waals surface area (Å²) in [5.74, 6) is -0.303. The Morgan fingerprint density at radius 1 is 1.20 bits per heavy atom. The van der Waals surface area contributed by atoms with Crippen LogP contribution in [0.1, 0.15) is 55.4 Å². The van der Waals surface area contributed by atoms with E-state index in [4.69, 9.17) is 9.15 Å². The van der Waals surface area contributed by atoms with Gasteiger partial charge in [0.05, 0.1) is 0 Å². The van der Waals surface area contributed by atoms with E-state index in [-0.39, 0.29) is 23.8 Å². The summed E-state index contributed by atoms with van der Waals surface area (Å²) in [6.07, 6.45) is 0. The Kier molecular flexibility index (Phi) is 5.56. The van der Waals surface area contributed by atoms with Crippen LogP contribution in [0.25, 0.3) is 0 Å². The standard InChI is InChI=1S/C18H23N3O4/c1-11(17(23)24-10-15-21-20-12(2)25-15)19-16(22)13-6-8-14(9-7-13)18(3,4)5/h6-9,11H,10H2,1-5H3,(H,19,22)/t11-/m1/s1. The van der Waals surface area contributed by atoms with Crippen molar-refractivity contribution in [3.05, 3.63) is 47.2 Å². The zero-order valence-electron chi connectivity index (χ0n) is 15.1. The van der Waals surface area contributed by atoms with Crippen molar-refractivity contribution in [1.82, 2.24) is 15.5 Å². The molecule has 2 aromatic rings. The molecule has 1 N–H and O–H groups in total. The van der Waals surface area contributed by atoms with Crippen LogP contribution in [0.3, 0.4) is 0 Å². The van der Waals surface area contributed by atoms with Gasteiger partial charge in [0.1, 0.15) is 6.04 Å². The Morgan fingerprint density at radius 3 is 2.36 bits per heavy atom. The van der Waals surface area contributed by atoms with E-state index < -0.39 is 12.0 Å². The van der Waals surface area contributed by atoms with Crippen LogP contribution in [-0.4, -0.2) is 28.1 Å². The van der Waals surface area contributed by atoms with E-state index >= 15 is 0 Å². The molecule has 0 aliphatic rings. The minimum Gasteiger partial charge on any atom is -0.454 e. The van der Waals surface area contributed by atoms with Crippen LogP contribution in [0.2, 0.25) is 0 Å². The van der Waals surface area contributed by atoms with E-state index in [0.29, 0.717) is 11.5 Å². The number of ether oxygens (including phenoxy) is 1. The normalized spacial score (nSPS) is 12.5. The van der Waals surface area contributed by atoms with Gasteiger partial charge in [0, 0.05) is 12.5 Å². The van der Waals surface area contributed by atoms with Crippen LogP contribution in [0.5, 0.6) is 0 Å². The number of aryl methyl sites for hydroxylation is 1. The molecule has 0 aliphatic heterocycles. The molecule has 1 heterocycles. The van der Waals surface area contributed by atoms with Crippen molar-refractivity contribution in [3.8, 4) is 0 Å². The Labute approximate surface area is 146 Å². The number of amides is 1. The zero-order chi connectivity index (χ0) is 18.6. The molecule has 2 rings (SSSR count). The molecule has 0 fully saturated rings. The highest BCUT2D eigenvalue weighted by Crippen LogP contribution is 2.22. The third-order valence-electron chi connectivity index (χ3n) is 3.62. The maximum atomic E-state index is 12.2. The van der Waals surface area contributed by atoms with Gasteiger partial charge < -0.3 is 14.5 Å². The first kappa shape index (κ1) is 18.6. The van der Waals surface area contributed by atoms with E-state index in [2.05, 4.69) is 36.3 Å². The summed E-state index contributed by atoms with van der Waals surface area (Å²) in [5.41, 5.74) is 1.63. The number of benzene rings is 1. The van der Waals surface area contributed by atoms with Crippen LogP contribution in [0, 0.1) is 6.92 Å². The first-order chi connectivity index (χ1) is 11.7. The van der Waals surface area contributed by atoms with Crippen LogP contribution < -0.4 is 5.32 Å². The SMILES string of the molecule is Cc1nnc(COC(=O)[C@@H](C)NC(=O)c2ccc(C(C)(C)C)cc2)o1. The Morgan fingerprint density at radius 2 is 1.84 bits per heavy atom. The highest BCUT2D eigenvalue weighted by Gasteiger charge is 2.20. The van der Waals surface area contributed by atoms with Crippen molar-refractivity contribution in [2.24, 2.45) is 0 Å². The van der Waals surface area contributed by atoms with Gasteiger partial charge in [-0.3, -0.25) is 4.79 Å². The van der Waals surface area contributed by atoms with Gasteiger partial charge in [-0.05, 0) is 30.0 Å². The smallest absolute Gasteiger partial charge is 0.328 e. The molecular weight excluding hydrogens is 322 g/mol. The summed E-state index contributed by atoms with van der Waals surface area (Å²) in [6, 6.07) is 6.52. The van der Waals surface area contributed by atoms with Crippen molar-refractivity contribution in [2.45, 2.75) is 52.7 Å². The Balaban J connectivity index is 1.89.